The molecule has 0 N–H and O–H groups in total. The largest absolute Gasteiger partial charge is 2.00 e. The van der Waals surface area contributed by atoms with E-state index in [2.05, 4.69) is 9.98 Å². The van der Waals surface area contributed by atoms with E-state index in [1.54, 1.807) is 30.4 Å². The molecule has 15 heavy (non-hydrogen) atoms. The molecule has 0 unspecified atom stereocenters. The Bertz CT molecular complexity index is 197. The van der Waals surface area contributed by atoms with E-state index in [4.69, 9.17) is 5.41 Å². The molecule has 0 spiro atoms. The quantitative estimate of drug-likeness (QED) is 0.387. The van der Waals surface area contributed by atoms with Crippen LogP contribution in [0, 0.1) is 7.43 Å². The summed E-state index contributed by atoms with van der Waals surface area (Å²) in [4.78, 5) is 8.26. The topological polar surface area (TPSA) is 47.0 Å². The van der Waals surface area contributed by atoms with Gasteiger partial charge in [0.15, 0.2) is 0 Å². The third-order valence-electron chi connectivity index (χ3n) is 1.15. The monoisotopic (exact) mass is 337 g/mol. The van der Waals surface area contributed by atoms with Gasteiger partial charge in [0.25, 0.3) is 0 Å². The minimum Gasteiger partial charge on any atom is -0.814 e. The summed E-state index contributed by atoms with van der Waals surface area (Å²) in [6.07, 6.45) is 1.00. The molecule has 0 aromatic carbocycles. The minimum atomic E-state index is 0. The maximum Gasteiger partial charge on any atom is 2.00 e. The van der Waals surface area contributed by atoms with Crippen LogP contribution >= 0.6 is 23.5 Å². The summed E-state index contributed by atoms with van der Waals surface area (Å²) in [5.74, 6) is 2.33. The summed E-state index contributed by atoms with van der Waals surface area (Å²) in [5, 5.41) is 9.64. The van der Waals surface area contributed by atoms with E-state index in [0.717, 1.165) is 27.8 Å². The van der Waals surface area contributed by atoms with Gasteiger partial charge in [0, 0.05) is 25.6 Å². The van der Waals surface area contributed by atoms with E-state index in [-0.39, 0.29) is 27.8 Å². The molecular formula is C9H17N3PdS2. The Kier molecular flexibility index (Phi) is 19.9. The van der Waals surface area contributed by atoms with Crippen molar-refractivity contribution in [3.8, 4) is 0 Å². The van der Waals surface area contributed by atoms with Gasteiger partial charge in [-0.1, -0.05) is 6.92 Å². The van der Waals surface area contributed by atoms with Crippen LogP contribution in [0.4, 0.5) is 0 Å². The Labute approximate surface area is 115 Å². The second-order valence-corrected chi connectivity index (χ2v) is 4.18. The van der Waals surface area contributed by atoms with Crippen molar-refractivity contribution in [3.63, 3.8) is 0 Å². The molecule has 0 aromatic rings. The standard InChI is InChI=1S/C6H10N2S2.C2H4N.CH3.Pd/c1-7-5-6(8-2)10-4-3-9-5;1-2-3;;/h3-4H2,1-2H3;2H,1H3;1H3;/q;2*-1;+2. The molecule has 1 rings (SSSR count). The zero-order valence-electron chi connectivity index (χ0n) is 9.47. The van der Waals surface area contributed by atoms with E-state index in [1.165, 1.54) is 0 Å². The molecule has 3 nitrogen and oxygen atoms in total. The maximum absolute atomic E-state index is 7.44. The van der Waals surface area contributed by atoms with Crippen molar-refractivity contribution in [2.75, 3.05) is 25.6 Å². The summed E-state index contributed by atoms with van der Waals surface area (Å²) in [6.45, 7) is 1.56. The Morgan fingerprint density at radius 2 is 1.40 bits per heavy atom. The van der Waals surface area contributed by atoms with Gasteiger partial charge in [-0.15, -0.1) is 23.5 Å². The van der Waals surface area contributed by atoms with Gasteiger partial charge in [0.05, 0.1) is 0 Å². The molecule has 6 heteroatoms. The normalized spacial score (nSPS) is 19.4. The molecule has 0 atom stereocenters. The third kappa shape index (κ3) is 9.31. The molecule has 1 fully saturated rings. The van der Waals surface area contributed by atoms with Crippen LogP contribution in [-0.4, -0.2) is 41.9 Å². The van der Waals surface area contributed by atoms with Gasteiger partial charge in [-0.05, 0) is 0 Å². The van der Waals surface area contributed by atoms with Gasteiger partial charge in [0.2, 0.25) is 0 Å². The molecule has 90 valence electrons. The molecule has 1 saturated heterocycles. The first-order valence-corrected chi connectivity index (χ1v) is 5.88. The fraction of sp³-hybridized carbons (Fsp3) is 0.556. The summed E-state index contributed by atoms with van der Waals surface area (Å²) in [5.41, 5.74) is 0. The minimum absolute atomic E-state index is 0. The predicted octanol–water partition coefficient (Wildman–Crippen LogP) is 2.62. The van der Waals surface area contributed by atoms with Crippen molar-refractivity contribution in [1.82, 2.24) is 0 Å². The Hall–Kier alpha value is 0.372. The van der Waals surface area contributed by atoms with E-state index in [1.807, 2.05) is 14.1 Å². The van der Waals surface area contributed by atoms with Crippen LogP contribution in [0.1, 0.15) is 6.92 Å². The first-order valence-electron chi connectivity index (χ1n) is 3.91. The number of hydrogen-bond acceptors (Lipinski definition) is 4. The molecule has 0 amide bonds. The first kappa shape index (κ1) is 20.7. The molecular weight excluding hydrogens is 321 g/mol. The van der Waals surface area contributed by atoms with Crippen LogP contribution in [0.5, 0.6) is 0 Å². The second-order valence-electron chi connectivity index (χ2n) is 2.01. The predicted molar refractivity (Wildman–Crippen MR) is 73.1 cm³/mol. The zero-order valence-corrected chi connectivity index (χ0v) is 12.7. The summed E-state index contributed by atoms with van der Waals surface area (Å²) < 4.78 is 0. The van der Waals surface area contributed by atoms with Crippen molar-refractivity contribution in [2.45, 2.75) is 6.92 Å². The van der Waals surface area contributed by atoms with Gasteiger partial charge < -0.3 is 12.8 Å². The van der Waals surface area contributed by atoms with Gasteiger partial charge in [-0.2, -0.15) is 0 Å². The van der Waals surface area contributed by atoms with Crippen LogP contribution in [0.2, 0.25) is 0 Å². The molecule has 1 heterocycles. The van der Waals surface area contributed by atoms with Gasteiger partial charge in [-0.3, -0.25) is 9.98 Å². The zero-order chi connectivity index (χ0) is 10.1. The Morgan fingerprint density at radius 1 is 1.13 bits per heavy atom. The van der Waals surface area contributed by atoms with Crippen molar-refractivity contribution in [1.29, 1.82) is 0 Å². The number of hydrogen-bond donors (Lipinski definition) is 0. The van der Waals surface area contributed by atoms with Crippen LogP contribution < -0.4 is 0 Å². The van der Waals surface area contributed by atoms with Crippen molar-refractivity contribution in [3.05, 3.63) is 12.8 Å². The van der Waals surface area contributed by atoms with Gasteiger partial charge in [0.1, 0.15) is 10.1 Å². The third-order valence-corrected chi connectivity index (χ3v) is 3.65. The fourth-order valence-corrected chi connectivity index (χ4v) is 2.82. The summed E-state index contributed by atoms with van der Waals surface area (Å²) in [6, 6.07) is 0. The molecule has 0 saturated carbocycles. The maximum atomic E-state index is 7.44. The number of thioether (sulfide) groups is 2. The molecule has 1 aliphatic heterocycles. The van der Waals surface area contributed by atoms with Gasteiger partial charge >= 0.3 is 20.4 Å². The van der Waals surface area contributed by atoms with Crippen LogP contribution in [0.15, 0.2) is 9.98 Å². The average Bonchev–Trinajstić information content (AvgIpc) is 2.19. The van der Waals surface area contributed by atoms with Crippen molar-refractivity contribution in [2.24, 2.45) is 9.98 Å². The SMILES string of the molecule is CC=[N-].CN=C1SCCSC1=NC.[CH3-].[Pd+2]. The molecule has 0 bridgehead atoms. The van der Waals surface area contributed by atoms with Crippen LogP contribution in [0.3, 0.4) is 0 Å². The van der Waals surface area contributed by atoms with Crippen LogP contribution in [-0.2, 0) is 20.4 Å². The van der Waals surface area contributed by atoms with E-state index < -0.39 is 0 Å². The summed E-state index contributed by atoms with van der Waals surface area (Å²) >= 11 is 3.59. The van der Waals surface area contributed by atoms with Gasteiger partial charge in [-0.25, -0.2) is 6.21 Å². The van der Waals surface area contributed by atoms with Crippen molar-refractivity contribution >= 4 is 39.8 Å². The van der Waals surface area contributed by atoms with E-state index in [0.29, 0.717) is 0 Å². The number of aliphatic imine (C=N–C) groups is 2. The molecule has 0 aliphatic carbocycles. The Morgan fingerprint density at radius 3 is 1.60 bits per heavy atom. The molecule has 0 aromatic heterocycles. The second kappa shape index (κ2) is 14.4. The first-order chi connectivity index (χ1) is 6.29. The van der Waals surface area contributed by atoms with Crippen molar-refractivity contribution < 1.29 is 20.4 Å². The molecule has 1 aliphatic rings. The average molecular weight is 338 g/mol. The fourth-order valence-electron chi connectivity index (χ4n) is 0.721. The summed E-state index contributed by atoms with van der Waals surface area (Å²) in [7, 11) is 3.64. The van der Waals surface area contributed by atoms with Crippen LogP contribution in [0.25, 0.3) is 5.41 Å². The van der Waals surface area contributed by atoms with E-state index >= 15 is 0 Å². The smallest absolute Gasteiger partial charge is 0.814 e. The number of nitrogens with zero attached hydrogens (tertiary/aromatic N) is 3. The number of rotatable bonds is 0. The van der Waals surface area contributed by atoms with E-state index in [9.17, 15) is 0 Å². The molecule has 0 radical (unpaired) electrons. The Balaban J connectivity index is -0.000000260.